The molecule has 3 N–H and O–H groups in total. The second-order valence-corrected chi connectivity index (χ2v) is 9.56. The number of carbonyl (C=O) groups is 1. The Balaban J connectivity index is 1.70. The van der Waals surface area contributed by atoms with Crippen molar-refractivity contribution in [1.29, 1.82) is 0 Å². The van der Waals surface area contributed by atoms with Gasteiger partial charge < -0.3 is 11.2 Å². The molecule has 6 nitrogen and oxygen atoms in total. The van der Waals surface area contributed by atoms with Gasteiger partial charge in [-0.3, -0.25) is 4.79 Å². The second kappa shape index (κ2) is 9.55. The van der Waals surface area contributed by atoms with Crippen LogP contribution in [-0.4, -0.2) is 26.5 Å². The van der Waals surface area contributed by atoms with E-state index in [-0.39, 0.29) is 11.7 Å². The highest BCUT2D eigenvalue weighted by molar-refractivity contribution is 14.1. The highest BCUT2D eigenvalue weighted by atomic mass is 127. The number of rotatable bonds is 6. The summed E-state index contributed by atoms with van der Waals surface area (Å²) in [6.07, 6.45) is 0. The predicted molar refractivity (Wildman–Crippen MR) is 128 cm³/mol. The Hall–Kier alpha value is -1.49. The van der Waals surface area contributed by atoms with E-state index in [1.807, 2.05) is 12.1 Å². The number of benzene rings is 2. The second-order valence-electron chi connectivity index (χ2n) is 6.52. The highest BCUT2D eigenvalue weighted by Gasteiger charge is 2.17. The molecule has 0 aliphatic heterocycles. The average Bonchev–Trinajstić information content (AvgIpc) is 3.02. The summed E-state index contributed by atoms with van der Waals surface area (Å²) >= 11 is 15.6. The number of nitrogens with one attached hydrogen (secondary N) is 1. The van der Waals surface area contributed by atoms with Crippen molar-refractivity contribution < 1.29 is 4.79 Å². The number of anilines is 1. The van der Waals surface area contributed by atoms with E-state index >= 15 is 0 Å². The van der Waals surface area contributed by atoms with Crippen LogP contribution in [0.15, 0.2) is 41.6 Å². The first-order chi connectivity index (χ1) is 13.8. The molecule has 1 amide bonds. The van der Waals surface area contributed by atoms with Gasteiger partial charge in [0.15, 0.2) is 5.82 Å². The molecular formula is C19H18Cl2IN5OS. The minimum absolute atomic E-state index is 0.146. The summed E-state index contributed by atoms with van der Waals surface area (Å²) in [7, 11) is 0. The molecule has 0 bridgehead atoms. The molecule has 10 heteroatoms. The fourth-order valence-electron chi connectivity index (χ4n) is 2.67. The molecule has 0 atom stereocenters. The molecule has 0 unspecified atom stereocenters. The van der Waals surface area contributed by atoms with Gasteiger partial charge in [-0.1, -0.05) is 48.8 Å². The summed E-state index contributed by atoms with van der Waals surface area (Å²) in [4.78, 5) is 12.5. The number of nitrogens with two attached hydrogens (primary N) is 1. The lowest BCUT2D eigenvalue weighted by Crippen LogP contribution is -2.17. The van der Waals surface area contributed by atoms with Gasteiger partial charge >= 0.3 is 0 Å². The third-order valence-corrected chi connectivity index (χ3v) is 6.24. The van der Waals surface area contributed by atoms with Gasteiger partial charge in [0.05, 0.1) is 10.8 Å². The molecular weight excluding hydrogens is 544 g/mol. The molecule has 152 valence electrons. The Morgan fingerprint density at radius 1 is 1.24 bits per heavy atom. The lowest BCUT2D eigenvalue weighted by Gasteiger charge is -2.14. The number of nitrogen functional groups attached to an aromatic ring is 1. The first kappa shape index (κ1) is 22.2. The largest absolute Gasteiger partial charge is 0.335 e. The van der Waals surface area contributed by atoms with Crippen molar-refractivity contribution in [2.24, 2.45) is 0 Å². The Morgan fingerprint density at radius 3 is 2.69 bits per heavy atom. The van der Waals surface area contributed by atoms with Crippen LogP contribution in [0.3, 0.4) is 0 Å². The van der Waals surface area contributed by atoms with Crippen LogP contribution in [0.2, 0.25) is 10.0 Å². The number of thioether (sulfide) groups is 1. The van der Waals surface area contributed by atoms with E-state index in [0.717, 1.165) is 14.8 Å². The van der Waals surface area contributed by atoms with E-state index in [9.17, 15) is 4.79 Å². The molecule has 0 aliphatic carbocycles. The number of carbonyl (C=O) groups excluding carboxylic acids is 1. The Bertz CT molecular complexity index is 1060. The van der Waals surface area contributed by atoms with Crippen LogP contribution in [0.25, 0.3) is 11.4 Å². The zero-order chi connectivity index (χ0) is 21.1. The van der Waals surface area contributed by atoms with Crippen LogP contribution < -0.4 is 11.2 Å². The van der Waals surface area contributed by atoms with Crippen LogP contribution in [0.4, 0.5) is 5.69 Å². The van der Waals surface area contributed by atoms with Gasteiger partial charge in [-0.15, -0.1) is 10.2 Å². The topological polar surface area (TPSA) is 85.8 Å². The standard InChI is InChI=1S/C19H18Cl2IN5OS/c1-10(2)14-8-12(22)4-6-16(14)24-17(28)9-29-19-26-25-18(27(19)23)13-5-3-11(20)7-15(13)21/h3-8,10H,9,23H2,1-2H3,(H,24,28). The van der Waals surface area contributed by atoms with E-state index < -0.39 is 0 Å². The van der Waals surface area contributed by atoms with Gasteiger partial charge in [-0.05, 0) is 70.5 Å². The fraction of sp³-hybridized carbons (Fsp3) is 0.211. The molecule has 3 aromatic rings. The van der Waals surface area contributed by atoms with Crippen LogP contribution in [-0.2, 0) is 4.79 Å². The van der Waals surface area contributed by atoms with Crippen molar-refractivity contribution in [3.05, 3.63) is 55.6 Å². The average molecular weight is 562 g/mol. The molecule has 0 saturated heterocycles. The van der Waals surface area contributed by atoms with Crippen molar-refractivity contribution in [1.82, 2.24) is 14.9 Å². The molecule has 3 rings (SSSR count). The normalized spacial score (nSPS) is 11.1. The number of hydrogen-bond donors (Lipinski definition) is 2. The van der Waals surface area contributed by atoms with Crippen LogP contribution in [0.5, 0.6) is 0 Å². The predicted octanol–water partition coefficient (Wildman–Crippen LogP) is 5.42. The molecule has 0 radical (unpaired) electrons. The Labute approximate surface area is 196 Å². The number of hydrogen-bond acceptors (Lipinski definition) is 5. The summed E-state index contributed by atoms with van der Waals surface area (Å²) in [5, 5.41) is 12.5. The van der Waals surface area contributed by atoms with Crippen LogP contribution in [0, 0.1) is 3.57 Å². The Morgan fingerprint density at radius 2 is 2.00 bits per heavy atom. The summed E-state index contributed by atoms with van der Waals surface area (Å²) < 4.78 is 2.45. The van der Waals surface area contributed by atoms with E-state index in [1.165, 1.54) is 16.4 Å². The third-order valence-electron chi connectivity index (χ3n) is 4.08. The van der Waals surface area contributed by atoms with Crippen molar-refractivity contribution >= 4 is 69.1 Å². The summed E-state index contributed by atoms with van der Waals surface area (Å²) in [5.74, 6) is 6.80. The van der Waals surface area contributed by atoms with E-state index in [1.54, 1.807) is 18.2 Å². The molecule has 0 aliphatic rings. The first-order valence-electron chi connectivity index (χ1n) is 8.64. The molecule has 29 heavy (non-hydrogen) atoms. The quantitative estimate of drug-likeness (QED) is 0.238. The highest BCUT2D eigenvalue weighted by Crippen LogP contribution is 2.30. The lowest BCUT2D eigenvalue weighted by atomic mass is 10.0. The molecule has 1 aromatic heterocycles. The van der Waals surface area contributed by atoms with Gasteiger partial charge in [0.25, 0.3) is 0 Å². The molecule has 0 spiro atoms. The number of amides is 1. The minimum Gasteiger partial charge on any atom is -0.335 e. The monoisotopic (exact) mass is 561 g/mol. The van der Waals surface area contributed by atoms with Gasteiger partial charge in [0.1, 0.15) is 0 Å². The van der Waals surface area contributed by atoms with Gasteiger partial charge in [0, 0.05) is 19.8 Å². The molecule has 2 aromatic carbocycles. The first-order valence-corrected chi connectivity index (χ1v) is 11.5. The summed E-state index contributed by atoms with van der Waals surface area (Å²) in [6, 6.07) is 11.0. The zero-order valence-corrected chi connectivity index (χ0v) is 20.1. The molecule has 0 saturated carbocycles. The molecule has 1 heterocycles. The van der Waals surface area contributed by atoms with E-state index in [0.29, 0.717) is 32.5 Å². The van der Waals surface area contributed by atoms with Crippen molar-refractivity contribution in [3.63, 3.8) is 0 Å². The smallest absolute Gasteiger partial charge is 0.234 e. The zero-order valence-electron chi connectivity index (χ0n) is 15.6. The van der Waals surface area contributed by atoms with Gasteiger partial charge in [-0.25, -0.2) is 4.68 Å². The number of aromatic nitrogens is 3. The lowest BCUT2D eigenvalue weighted by molar-refractivity contribution is -0.113. The Kier molecular flexibility index (Phi) is 7.31. The maximum absolute atomic E-state index is 12.5. The third kappa shape index (κ3) is 5.36. The number of nitrogens with zero attached hydrogens (tertiary/aromatic N) is 3. The fourth-order valence-corrected chi connectivity index (χ4v) is 4.34. The van der Waals surface area contributed by atoms with Crippen molar-refractivity contribution in [2.45, 2.75) is 24.9 Å². The molecule has 0 fully saturated rings. The maximum atomic E-state index is 12.5. The van der Waals surface area contributed by atoms with Crippen LogP contribution in [0.1, 0.15) is 25.3 Å². The van der Waals surface area contributed by atoms with E-state index in [4.69, 9.17) is 29.0 Å². The minimum atomic E-state index is -0.146. The summed E-state index contributed by atoms with van der Waals surface area (Å²) in [6.45, 7) is 4.19. The van der Waals surface area contributed by atoms with Gasteiger partial charge in [-0.2, -0.15) is 0 Å². The van der Waals surface area contributed by atoms with E-state index in [2.05, 4.69) is 58.0 Å². The maximum Gasteiger partial charge on any atom is 0.234 e. The summed E-state index contributed by atoms with van der Waals surface area (Å²) in [5.41, 5.74) is 2.52. The number of halogens is 3. The van der Waals surface area contributed by atoms with Crippen molar-refractivity contribution in [2.75, 3.05) is 16.9 Å². The SMILES string of the molecule is CC(C)c1cc(I)ccc1NC(=O)CSc1nnc(-c2ccc(Cl)cc2Cl)n1N. The van der Waals surface area contributed by atoms with Crippen LogP contribution >= 0.6 is 57.6 Å². The van der Waals surface area contributed by atoms with Gasteiger partial charge in [0.2, 0.25) is 11.1 Å². The van der Waals surface area contributed by atoms with Crippen molar-refractivity contribution in [3.8, 4) is 11.4 Å².